The number of carboxylic acid groups (broad SMARTS) is 1. The number of fused-ring (bicyclic) bond motifs is 1. The number of carboxylic acids is 1. The maximum Gasteiger partial charge on any atom is 0.331 e. The molecule has 0 aliphatic heterocycles. The molecule has 1 heterocycles. The summed E-state index contributed by atoms with van der Waals surface area (Å²) in [5.74, 6) is -1.53. The fourth-order valence-corrected chi connectivity index (χ4v) is 3.76. The molecular formula is C24H22N4O4. The molecule has 0 unspecified atom stereocenters. The molecule has 4 rings (SSSR count). The summed E-state index contributed by atoms with van der Waals surface area (Å²) >= 11 is 0. The van der Waals surface area contributed by atoms with Gasteiger partial charge in [-0.2, -0.15) is 0 Å². The third kappa shape index (κ3) is 4.11. The van der Waals surface area contributed by atoms with Crippen LogP contribution < -0.4 is 11.4 Å². The van der Waals surface area contributed by atoms with Crippen molar-refractivity contribution in [2.45, 2.75) is 19.5 Å². The smallest absolute Gasteiger partial charge is 0.331 e. The number of nitrogens with zero attached hydrogens (tertiary/aromatic N) is 2. The lowest BCUT2D eigenvalue weighted by molar-refractivity contribution is -0.136. The number of carbonyl (C=O) groups is 1. The van der Waals surface area contributed by atoms with Gasteiger partial charge in [0.2, 0.25) is 5.88 Å². The Morgan fingerprint density at radius 3 is 2.28 bits per heavy atom. The lowest BCUT2D eigenvalue weighted by atomic mass is 10.0. The molecule has 0 atom stereocenters. The molecule has 0 saturated carbocycles. The van der Waals surface area contributed by atoms with E-state index in [0.29, 0.717) is 5.56 Å². The highest BCUT2D eigenvalue weighted by molar-refractivity contribution is 5.99. The normalized spacial score (nSPS) is 11.0. The Morgan fingerprint density at radius 1 is 0.906 bits per heavy atom. The van der Waals surface area contributed by atoms with Gasteiger partial charge in [0.1, 0.15) is 5.84 Å². The van der Waals surface area contributed by atoms with Crippen LogP contribution in [0.25, 0.3) is 10.8 Å². The van der Waals surface area contributed by atoms with Crippen LogP contribution in [-0.2, 0) is 24.3 Å². The molecular weight excluding hydrogens is 408 g/mol. The van der Waals surface area contributed by atoms with E-state index in [1.165, 1.54) is 9.13 Å². The van der Waals surface area contributed by atoms with Crippen molar-refractivity contribution in [3.05, 3.63) is 99.6 Å². The number of aromatic hydroxyl groups is 1. The molecule has 8 heteroatoms. The van der Waals surface area contributed by atoms with Crippen LogP contribution in [0.4, 0.5) is 0 Å². The molecule has 3 aromatic carbocycles. The van der Waals surface area contributed by atoms with Gasteiger partial charge in [0, 0.05) is 5.56 Å². The van der Waals surface area contributed by atoms with E-state index in [0.717, 1.165) is 21.9 Å². The fourth-order valence-electron chi connectivity index (χ4n) is 3.76. The molecule has 0 radical (unpaired) electrons. The number of imidazole rings is 1. The Bertz CT molecular complexity index is 1390. The predicted molar refractivity (Wildman–Crippen MR) is 121 cm³/mol. The summed E-state index contributed by atoms with van der Waals surface area (Å²) in [5.41, 5.74) is 7.31. The van der Waals surface area contributed by atoms with Crippen molar-refractivity contribution < 1.29 is 15.0 Å². The fraction of sp³-hybridized carbons (Fsp3) is 0.125. The van der Waals surface area contributed by atoms with Gasteiger partial charge in [0.15, 0.2) is 0 Å². The van der Waals surface area contributed by atoms with Crippen LogP contribution in [0.1, 0.15) is 22.4 Å². The van der Waals surface area contributed by atoms with Crippen molar-refractivity contribution in [1.29, 1.82) is 5.41 Å². The molecule has 0 fully saturated rings. The van der Waals surface area contributed by atoms with Crippen LogP contribution in [0.15, 0.2) is 71.5 Å². The quantitative estimate of drug-likeness (QED) is 0.264. The molecule has 0 saturated heterocycles. The van der Waals surface area contributed by atoms with E-state index in [2.05, 4.69) is 0 Å². The third-order valence-electron chi connectivity index (χ3n) is 5.36. The van der Waals surface area contributed by atoms with Gasteiger partial charge in [-0.25, -0.2) is 4.79 Å². The maximum atomic E-state index is 13.1. The van der Waals surface area contributed by atoms with Crippen molar-refractivity contribution in [1.82, 2.24) is 9.13 Å². The molecule has 4 aromatic rings. The minimum absolute atomic E-state index is 0.0394. The highest BCUT2D eigenvalue weighted by Gasteiger charge is 2.22. The molecule has 1 aromatic heterocycles. The molecule has 8 nitrogen and oxygen atoms in total. The van der Waals surface area contributed by atoms with Crippen LogP contribution in [0.3, 0.4) is 0 Å². The Kier molecular flexibility index (Phi) is 5.51. The predicted octanol–water partition coefficient (Wildman–Crippen LogP) is 2.52. The Morgan fingerprint density at radius 2 is 1.59 bits per heavy atom. The minimum Gasteiger partial charge on any atom is -0.493 e. The second kappa shape index (κ2) is 8.43. The monoisotopic (exact) mass is 430 g/mol. The van der Waals surface area contributed by atoms with Crippen molar-refractivity contribution in [3.8, 4) is 5.88 Å². The zero-order valence-electron chi connectivity index (χ0n) is 17.2. The van der Waals surface area contributed by atoms with Crippen LogP contribution in [0.2, 0.25) is 0 Å². The second-order valence-electron chi connectivity index (χ2n) is 7.59. The van der Waals surface area contributed by atoms with Gasteiger partial charge in [-0.15, -0.1) is 0 Å². The number of benzene rings is 3. The van der Waals surface area contributed by atoms with E-state index in [-0.39, 0.29) is 30.5 Å². The molecule has 0 spiro atoms. The summed E-state index contributed by atoms with van der Waals surface area (Å²) in [6.45, 7) is 0.224. The van der Waals surface area contributed by atoms with E-state index in [1.54, 1.807) is 12.1 Å². The van der Waals surface area contributed by atoms with Crippen LogP contribution in [0, 0.1) is 5.41 Å². The number of aliphatic carboxylic acids is 1. The lowest BCUT2D eigenvalue weighted by Gasteiger charge is -2.07. The lowest BCUT2D eigenvalue weighted by Crippen LogP contribution is -2.26. The van der Waals surface area contributed by atoms with Crippen molar-refractivity contribution in [2.75, 3.05) is 0 Å². The summed E-state index contributed by atoms with van der Waals surface area (Å²) < 4.78 is 2.48. The SMILES string of the molecule is N=C(N)c1ccc2ccc(Cn3c(O)c(CC(=O)O)n(Cc4ccccc4)c3=O)cc2c1. The zero-order chi connectivity index (χ0) is 22.8. The average molecular weight is 430 g/mol. The maximum absolute atomic E-state index is 13.1. The van der Waals surface area contributed by atoms with Gasteiger partial charge < -0.3 is 15.9 Å². The van der Waals surface area contributed by atoms with Gasteiger partial charge in [0.25, 0.3) is 0 Å². The summed E-state index contributed by atoms with van der Waals surface area (Å²) in [6.07, 6.45) is -0.472. The topological polar surface area (TPSA) is 134 Å². The molecule has 0 aliphatic carbocycles. The van der Waals surface area contributed by atoms with Crippen LogP contribution in [0.5, 0.6) is 5.88 Å². The van der Waals surface area contributed by atoms with Gasteiger partial charge in [-0.05, 0) is 34.0 Å². The molecule has 5 N–H and O–H groups in total. The average Bonchev–Trinajstić information content (AvgIpc) is 2.98. The summed E-state index contributed by atoms with van der Waals surface area (Å²) in [7, 11) is 0. The number of nitrogens with two attached hydrogens (primary N) is 1. The summed E-state index contributed by atoms with van der Waals surface area (Å²) in [5, 5.41) is 29.5. The molecule has 0 amide bonds. The van der Waals surface area contributed by atoms with Gasteiger partial charge in [-0.1, -0.05) is 54.6 Å². The van der Waals surface area contributed by atoms with Crippen LogP contribution >= 0.6 is 0 Å². The van der Waals surface area contributed by atoms with Gasteiger partial charge in [0.05, 0.1) is 25.2 Å². The Labute approximate surface area is 183 Å². The minimum atomic E-state index is -1.14. The number of rotatable bonds is 7. The summed E-state index contributed by atoms with van der Waals surface area (Å²) in [6, 6.07) is 20.2. The first-order chi connectivity index (χ1) is 15.3. The van der Waals surface area contributed by atoms with Crippen molar-refractivity contribution in [2.24, 2.45) is 5.73 Å². The Balaban J connectivity index is 1.75. The van der Waals surface area contributed by atoms with Gasteiger partial charge >= 0.3 is 11.7 Å². The first-order valence-electron chi connectivity index (χ1n) is 9.97. The largest absolute Gasteiger partial charge is 0.493 e. The molecule has 0 aliphatic rings. The molecule has 162 valence electrons. The van der Waals surface area contributed by atoms with E-state index in [1.807, 2.05) is 54.6 Å². The number of hydrogen-bond donors (Lipinski definition) is 4. The van der Waals surface area contributed by atoms with Crippen molar-refractivity contribution in [3.63, 3.8) is 0 Å². The first kappa shape index (κ1) is 20.9. The second-order valence-corrected chi connectivity index (χ2v) is 7.59. The van der Waals surface area contributed by atoms with E-state index >= 15 is 0 Å². The number of nitrogens with one attached hydrogen (secondary N) is 1. The van der Waals surface area contributed by atoms with Gasteiger partial charge in [-0.3, -0.25) is 19.3 Å². The summed E-state index contributed by atoms with van der Waals surface area (Å²) in [4.78, 5) is 24.5. The first-order valence-corrected chi connectivity index (χ1v) is 9.97. The van der Waals surface area contributed by atoms with E-state index < -0.39 is 18.1 Å². The Hall–Kier alpha value is -4.33. The van der Waals surface area contributed by atoms with Crippen LogP contribution in [-0.4, -0.2) is 31.2 Å². The highest BCUT2D eigenvalue weighted by Crippen LogP contribution is 2.22. The number of hydrogen-bond acceptors (Lipinski definition) is 4. The zero-order valence-corrected chi connectivity index (χ0v) is 17.2. The third-order valence-corrected chi connectivity index (χ3v) is 5.36. The number of amidine groups is 1. The number of aromatic nitrogens is 2. The van der Waals surface area contributed by atoms with E-state index in [4.69, 9.17) is 11.1 Å². The van der Waals surface area contributed by atoms with E-state index in [9.17, 15) is 19.8 Å². The highest BCUT2D eigenvalue weighted by atomic mass is 16.4. The molecule has 0 bridgehead atoms. The van der Waals surface area contributed by atoms with Crippen molar-refractivity contribution >= 4 is 22.6 Å². The molecule has 32 heavy (non-hydrogen) atoms. The number of nitrogen functional groups attached to an aromatic ring is 1. The standard InChI is InChI=1S/C24H22N4O4/c25-22(26)18-9-8-17-7-6-16(10-19(17)11-18)14-28-23(31)20(12-21(29)30)27(24(28)32)13-15-4-2-1-3-5-15/h1-11,31H,12-14H2,(H3,25,26)(H,29,30).